The number of nitrogens with one attached hydrogen (secondary N) is 1. The molecule has 0 atom stereocenters. The van der Waals surface area contributed by atoms with Gasteiger partial charge in [-0.3, -0.25) is 9.69 Å². The Labute approximate surface area is 133 Å². The minimum absolute atomic E-state index is 0.207. The normalized spacial score (nSPS) is 17.0. The van der Waals surface area contributed by atoms with Gasteiger partial charge in [0, 0.05) is 6.54 Å². The van der Waals surface area contributed by atoms with E-state index < -0.39 is 12.7 Å². The number of carbonyl (C=O) groups is 1. The van der Waals surface area contributed by atoms with Crippen molar-refractivity contribution in [2.45, 2.75) is 19.0 Å². The van der Waals surface area contributed by atoms with Crippen LogP contribution >= 0.6 is 0 Å². The largest absolute Gasteiger partial charge is 0.496 e. The quantitative estimate of drug-likeness (QED) is 0.902. The number of piperidine rings is 1. The van der Waals surface area contributed by atoms with E-state index in [-0.39, 0.29) is 11.8 Å². The lowest BCUT2D eigenvalue weighted by Gasteiger charge is -2.32. The molecule has 0 radical (unpaired) electrons. The Morgan fingerprint density at radius 2 is 1.96 bits per heavy atom. The van der Waals surface area contributed by atoms with Crippen LogP contribution in [0.5, 0.6) is 5.75 Å². The number of likely N-dealkylation sites (tertiary alicyclic amines) is 1. The van der Waals surface area contributed by atoms with Crippen molar-refractivity contribution in [3.63, 3.8) is 0 Å². The van der Waals surface area contributed by atoms with Gasteiger partial charge in [0.1, 0.15) is 5.75 Å². The van der Waals surface area contributed by atoms with Gasteiger partial charge in [-0.05, 0) is 44.0 Å². The lowest BCUT2D eigenvalue weighted by Crippen LogP contribution is -2.42. The van der Waals surface area contributed by atoms with Gasteiger partial charge in [-0.15, -0.1) is 0 Å². The van der Waals surface area contributed by atoms with Crippen LogP contribution in [0.25, 0.3) is 0 Å². The van der Waals surface area contributed by atoms with E-state index in [1.165, 1.54) is 12.0 Å². The lowest BCUT2D eigenvalue weighted by molar-refractivity contribution is -0.148. The first-order valence-corrected chi connectivity index (χ1v) is 7.59. The van der Waals surface area contributed by atoms with Crippen LogP contribution < -0.4 is 10.1 Å². The molecule has 0 bridgehead atoms. The molecule has 1 amide bonds. The first kappa shape index (κ1) is 17.6. The summed E-state index contributed by atoms with van der Waals surface area (Å²) in [5.41, 5.74) is 0.463. The van der Waals surface area contributed by atoms with Gasteiger partial charge in [-0.1, -0.05) is 12.1 Å². The molecule has 1 aromatic carbocycles. The van der Waals surface area contributed by atoms with Crippen molar-refractivity contribution in [1.82, 2.24) is 10.2 Å². The number of rotatable bonds is 5. The van der Waals surface area contributed by atoms with Gasteiger partial charge in [-0.25, -0.2) is 0 Å². The molecule has 1 heterocycles. The minimum Gasteiger partial charge on any atom is -0.496 e. The zero-order valence-corrected chi connectivity index (χ0v) is 13.0. The maximum Gasteiger partial charge on any atom is 0.401 e. The van der Waals surface area contributed by atoms with E-state index >= 15 is 0 Å². The summed E-state index contributed by atoms with van der Waals surface area (Å²) in [7, 11) is 1.50. The van der Waals surface area contributed by atoms with Crippen molar-refractivity contribution in [3.8, 4) is 5.75 Å². The van der Waals surface area contributed by atoms with Crippen LogP contribution in [0.3, 0.4) is 0 Å². The van der Waals surface area contributed by atoms with Crippen molar-refractivity contribution >= 4 is 5.91 Å². The summed E-state index contributed by atoms with van der Waals surface area (Å²) in [6.45, 7) is 0.438. The molecule has 128 valence electrons. The number of halogens is 3. The topological polar surface area (TPSA) is 41.6 Å². The first-order chi connectivity index (χ1) is 10.9. The van der Waals surface area contributed by atoms with Gasteiger partial charge in [0.25, 0.3) is 5.91 Å². The Morgan fingerprint density at radius 3 is 2.57 bits per heavy atom. The van der Waals surface area contributed by atoms with E-state index in [1.807, 2.05) is 0 Å². The number of hydrogen-bond acceptors (Lipinski definition) is 3. The Morgan fingerprint density at radius 1 is 1.30 bits per heavy atom. The summed E-state index contributed by atoms with van der Waals surface area (Å²) in [4.78, 5) is 13.6. The van der Waals surface area contributed by atoms with Crippen LogP contribution in [0.1, 0.15) is 23.2 Å². The molecule has 1 aliphatic rings. The third kappa shape index (κ3) is 5.42. The Bertz CT molecular complexity index is 526. The first-order valence-electron chi connectivity index (χ1n) is 7.59. The van der Waals surface area contributed by atoms with Crippen molar-refractivity contribution in [2.24, 2.45) is 5.92 Å². The number of amides is 1. The molecule has 23 heavy (non-hydrogen) atoms. The summed E-state index contributed by atoms with van der Waals surface area (Å²) in [5, 5.41) is 2.85. The molecule has 1 fully saturated rings. The van der Waals surface area contributed by atoms with Crippen molar-refractivity contribution in [1.29, 1.82) is 0 Å². The molecular formula is C16H21F3N2O2. The van der Waals surface area contributed by atoms with Crippen LogP contribution in [-0.4, -0.2) is 50.3 Å². The molecule has 1 aliphatic heterocycles. The van der Waals surface area contributed by atoms with Gasteiger partial charge in [-0.2, -0.15) is 13.2 Å². The smallest absolute Gasteiger partial charge is 0.401 e. The minimum atomic E-state index is -4.15. The average molecular weight is 330 g/mol. The molecule has 7 heteroatoms. The zero-order chi connectivity index (χ0) is 16.9. The fourth-order valence-corrected chi connectivity index (χ4v) is 2.77. The van der Waals surface area contributed by atoms with E-state index in [0.29, 0.717) is 43.8 Å². The molecular weight excluding hydrogens is 309 g/mol. The SMILES string of the molecule is COc1ccccc1C(=O)NCC1CCN(CC(F)(F)F)CC1. The van der Waals surface area contributed by atoms with E-state index in [2.05, 4.69) is 5.32 Å². The second-order valence-electron chi connectivity index (χ2n) is 5.75. The Hall–Kier alpha value is -1.76. The number of hydrogen-bond donors (Lipinski definition) is 1. The molecule has 4 nitrogen and oxygen atoms in total. The van der Waals surface area contributed by atoms with E-state index in [9.17, 15) is 18.0 Å². The molecule has 0 spiro atoms. The maximum atomic E-state index is 12.3. The van der Waals surface area contributed by atoms with Gasteiger partial charge >= 0.3 is 6.18 Å². The number of ether oxygens (including phenoxy) is 1. The summed E-state index contributed by atoms with van der Waals surface area (Å²) in [6, 6.07) is 6.93. The van der Waals surface area contributed by atoms with E-state index in [0.717, 1.165) is 0 Å². The molecule has 0 aromatic heterocycles. The number of nitrogens with zero attached hydrogens (tertiary/aromatic N) is 1. The highest BCUT2D eigenvalue weighted by atomic mass is 19.4. The second-order valence-corrected chi connectivity index (χ2v) is 5.75. The summed E-state index contributed by atoms with van der Waals surface area (Å²) in [6.07, 6.45) is -2.84. The third-order valence-corrected chi connectivity index (χ3v) is 4.01. The Kier molecular flexibility index (Phi) is 5.87. The molecule has 2 rings (SSSR count). The average Bonchev–Trinajstić information content (AvgIpc) is 2.52. The molecule has 1 N–H and O–H groups in total. The highest BCUT2D eigenvalue weighted by Crippen LogP contribution is 2.22. The fourth-order valence-electron chi connectivity index (χ4n) is 2.77. The van der Waals surface area contributed by atoms with Crippen LogP contribution in [-0.2, 0) is 0 Å². The number of para-hydroxylation sites is 1. The van der Waals surface area contributed by atoms with Crippen molar-refractivity contribution in [3.05, 3.63) is 29.8 Å². The van der Waals surface area contributed by atoms with Gasteiger partial charge in [0.15, 0.2) is 0 Å². The highest BCUT2D eigenvalue weighted by molar-refractivity contribution is 5.96. The van der Waals surface area contributed by atoms with Crippen LogP contribution in [0, 0.1) is 5.92 Å². The molecule has 1 saturated heterocycles. The second kappa shape index (κ2) is 7.68. The standard InChI is InChI=1S/C16H21F3N2O2/c1-23-14-5-3-2-4-13(14)15(22)20-10-12-6-8-21(9-7-12)11-16(17,18)19/h2-5,12H,6-11H2,1H3,(H,20,22). The van der Waals surface area contributed by atoms with Crippen LogP contribution in [0.2, 0.25) is 0 Å². The van der Waals surface area contributed by atoms with Gasteiger partial charge < -0.3 is 10.1 Å². The number of methoxy groups -OCH3 is 1. The van der Waals surface area contributed by atoms with Crippen LogP contribution in [0.4, 0.5) is 13.2 Å². The predicted octanol–water partition coefficient (Wildman–Crippen LogP) is 2.70. The van der Waals surface area contributed by atoms with E-state index in [1.54, 1.807) is 24.3 Å². The Balaban J connectivity index is 1.78. The summed E-state index contributed by atoms with van der Waals surface area (Å²) < 4.78 is 42.2. The van der Waals surface area contributed by atoms with Crippen molar-refractivity contribution in [2.75, 3.05) is 33.3 Å². The molecule has 0 saturated carbocycles. The van der Waals surface area contributed by atoms with Gasteiger partial charge in [0.05, 0.1) is 19.2 Å². The van der Waals surface area contributed by atoms with Gasteiger partial charge in [0.2, 0.25) is 0 Å². The maximum absolute atomic E-state index is 12.3. The zero-order valence-electron chi connectivity index (χ0n) is 13.0. The molecule has 0 unspecified atom stereocenters. The predicted molar refractivity (Wildman–Crippen MR) is 80.5 cm³/mol. The number of alkyl halides is 3. The fraction of sp³-hybridized carbons (Fsp3) is 0.562. The van der Waals surface area contributed by atoms with E-state index in [4.69, 9.17) is 4.74 Å². The number of benzene rings is 1. The summed E-state index contributed by atoms with van der Waals surface area (Å²) in [5.74, 6) is 0.489. The third-order valence-electron chi connectivity index (χ3n) is 4.01. The van der Waals surface area contributed by atoms with Crippen molar-refractivity contribution < 1.29 is 22.7 Å². The molecule has 1 aromatic rings. The summed E-state index contributed by atoms with van der Waals surface area (Å²) >= 11 is 0. The number of carbonyl (C=O) groups excluding carboxylic acids is 1. The molecule has 0 aliphatic carbocycles. The lowest BCUT2D eigenvalue weighted by atomic mass is 9.96. The van der Waals surface area contributed by atoms with Crippen LogP contribution in [0.15, 0.2) is 24.3 Å². The monoisotopic (exact) mass is 330 g/mol. The highest BCUT2D eigenvalue weighted by Gasteiger charge is 2.32.